The molecule has 0 radical (unpaired) electrons. The number of carbonyl (C=O) groups excluding carboxylic acids is 1. The topological polar surface area (TPSA) is 71.9 Å². The molecular formula is C17H17ClN4O2S2. The largest absolute Gasteiger partial charge is 0.497 e. The molecule has 0 unspecified atom stereocenters. The molecule has 0 aliphatic carbocycles. The Balaban J connectivity index is 1.63. The molecule has 0 bridgehead atoms. The van der Waals surface area contributed by atoms with Crippen LogP contribution in [0.5, 0.6) is 5.75 Å². The fourth-order valence-electron chi connectivity index (χ4n) is 2.42. The second-order valence-corrected chi connectivity index (χ2v) is 7.65. The molecule has 0 spiro atoms. The Morgan fingerprint density at radius 3 is 2.77 bits per heavy atom. The van der Waals surface area contributed by atoms with Crippen LogP contribution in [-0.4, -0.2) is 27.8 Å². The minimum absolute atomic E-state index is 0.0571. The molecule has 1 aromatic carbocycles. The van der Waals surface area contributed by atoms with E-state index in [2.05, 4.69) is 15.5 Å². The lowest BCUT2D eigenvalue weighted by Gasteiger charge is -2.08. The highest BCUT2D eigenvalue weighted by Gasteiger charge is 2.11. The molecule has 0 saturated heterocycles. The quantitative estimate of drug-likeness (QED) is 0.579. The molecule has 0 aliphatic heterocycles. The molecular weight excluding hydrogens is 392 g/mol. The van der Waals surface area contributed by atoms with E-state index in [4.69, 9.17) is 28.6 Å². The monoisotopic (exact) mass is 408 g/mol. The van der Waals surface area contributed by atoms with Gasteiger partial charge in [-0.25, -0.2) is 0 Å². The summed E-state index contributed by atoms with van der Waals surface area (Å²) in [4.78, 5) is 13.1. The van der Waals surface area contributed by atoms with Crippen LogP contribution in [0.4, 0.5) is 0 Å². The number of halogens is 1. The van der Waals surface area contributed by atoms with Gasteiger partial charge >= 0.3 is 0 Å². The van der Waals surface area contributed by atoms with Gasteiger partial charge in [0.15, 0.2) is 10.6 Å². The van der Waals surface area contributed by atoms with Gasteiger partial charge in [0.05, 0.1) is 18.0 Å². The number of aromatic nitrogens is 3. The first kappa shape index (κ1) is 18.6. The Bertz CT molecular complexity index is 946. The Labute approximate surface area is 164 Å². The first-order chi connectivity index (χ1) is 12.6. The second-order valence-electron chi connectivity index (χ2n) is 5.47. The van der Waals surface area contributed by atoms with Gasteiger partial charge in [-0.3, -0.25) is 14.5 Å². The summed E-state index contributed by atoms with van der Waals surface area (Å²) >= 11 is 12.6. The van der Waals surface area contributed by atoms with Gasteiger partial charge in [0.25, 0.3) is 0 Å². The third-order valence-corrected chi connectivity index (χ3v) is 5.30. The number of ether oxygens (including phenoxy) is 1. The van der Waals surface area contributed by atoms with E-state index in [1.165, 1.54) is 11.3 Å². The number of thiophene rings is 1. The van der Waals surface area contributed by atoms with Crippen molar-refractivity contribution in [3.63, 3.8) is 0 Å². The van der Waals surface area contributed by atoms with Crippen molar-refractivity contribution in [2.45, 2.75) is 19.5 Å². The van der Waals surface area contributed by atoms with Crippen LogP contribution in [0.1, 0.15) is 11.3 Å². The Kier molecular flexibility index (Phi) is 6.08. The number of methoxy groups -OCH3 is 1. The molecule has 136 valence electrons. The van der Waals surface area contributed by atoms with Crippen LogP contribution in [0.2, 0.25) is 4.34 Å². The van der Waals surface area contributed by atoms with Gasteiger partial charge in [-0.15, -0.1) is 11.3 Å². The summed E-state index contributed by atoms with van der Waals surface area (Å²) < 4.78 is 8.18. The van der Waals surface area contributed by atoms with E-state index in [9.17, 15) is 4.79 Å². The number of hydrogen-bond acceptors (Lipinski definition) is 5. The van der Waals surface area contributed by atoms with E-state index in [0.717, 1.165) is 16.2 Å². The molecule has 0 saturated carbocycles. The standard InChI is InChI=1S/C17H17ClN4O2S2/c1-24-12-4-2-11(3-5-12)16-20-21-17(25)22(16)9-8-15(23)19-10-13-6-7-14(18)26-13/h2-7H,8-10H2,1H3,(H,19,23)(H,21,25). The molecule has 0 atom stereocenters. The third-order valence-electron chi connectivity index (χ3n) is 3.76. The van der Waals surface area contributed by atoms with E-state index in [-0.39, 0.29) is 5.91 Å². The first-order valence-electron chi connectivity index (χ1n) is 7.87. The minimum atomic E-state index is -0.0571. The molecule has 2 aromatic heterocycles. The van der Waals surface area contributed by atoms with Crippen molar-refractivity contribution in [1.82, 2.24) is 20.1 Å². The summed E-state index contributed by atoms with van der Waals surface area (Å²) in [7, 11) is 1.62. The number of benzene rings is 1. The molecule has 1 amide bonds. The fourth-order valence-corrected chi connectivity index (χ4v) is 3.67. The van der Waals surface area contributed by atoms with E-state index in [1.54, 1.807) is 7.11 Å². The van der Waals surface area contributed by atoms with Crippen molar-refractivity contribution >= 4 is 41.1 Å². The second kappa shape index (κ2) is 8.48. The third kappa shape index (κ3) is 4.51. The van der Waals surface area contributed by atoms with Crippen molar-refractivity contribution in [2.24, 2.45) is 0 Å². The van der Waals surface area contributed by atoms with Gasteiger partial charge in [0.1, 0.15) is 5.75 Å². The maximum absolute atomic E-state index is 12.1. The van der Waals surface area contributed by atoms with Crippen LogP contribution >= 0.6 is 35.2 Å². The summed E-state index contributed by atoms with van der Waals surface area (Å²) in [6.07, 6.45) is 0.302. The highest BCUT2D eigenvalue weighted by Crippen LogP contribution is 2.22. The van der Waals surface area contributed by atoms with Gasteiger partial charge < -0.3 is 10.1 Å². The number of carbonyl (C=O) groups is 1. The number of hydrogen-bond donors (Lipinski definition) is 2. The Morgan fingerprint density at radius 1 is 1.35 bits per heavy atom. The van der Waals surface area contributed by atoms with Crippen molar-refractivity contribution < 1.29 is 9.53 Å². The van der Waals surface area contributed by atoms with Gasteiger partial charge in [0, 0.05) is 23.4 Å². The van der Waals surface area contributed by atoms with E-state index >= 15 is 0 Å². The van der Waals surface area contributed by atoms with Crippen molar-refractivity contribution in [1.29, 1.82) is 0 Å². The predicted molar refractivity (Wildman–Crippen MR) is 105 cm³/mol. The molecule has 0 fully saturated rings. The predicted octanol–water partition coefficient (Wildman–Crippen LogP) is 4.04. The SMILES string of the molecule is COc1ccc(-c2n[nH]c(=S)n2CCC(=O)NCc2ccc(Cl)s2)cc1. The van der Waals surface area contributed by atoms with Crippen molar-refractivity contribution in [3.05, 3.63) is 50.4 Å². The van der Waals surface area contributed by atoms with Crippen molar-refractivity contribution in [2.75, 3.05) is 7.11 Å². The van der Waals surface area contributed by atoms with Crippen LogP contribution in [0.25, 0.3) is 11.4 Å². The molecule has 0 aliphatic rings. The van der Waals surface area contributed by atoms with Crippen LogP contribution in [0.15, 0.2) is 36.4 Å². The lowest BCUT2D eigenvalue weighted by atomic mass is 10.2. The van der Waals surface area contributed by atoms with E-state index < -0.39 is 0 Å². The van der Waals surface area contributed by atoms with Crippen LogP contribution in [-0.2, 0) is 17.9 Å². The zero-order valence-electron chi connectivity index (χ0n) is 14.0. The Hall–Kier alpha value is -2.16. The molecule has 26 heavy (non-hydrogen) atoms. The number of H-pyrrole nitrogens is 1. The lowest BCUT2D eigenvalue weighted by Crippen LogP contribution is -2.23. The average molecular weight is 409 g/mol. The molecule has 9 heteroatoms. The molecule has 3 rings (SSSR count). The summed E-state index contributed by atoms with van der Waals surface area (Å²) in [6.45, 7) is 0.909. The Morgan fingerprint density at radius 2 is 2.12 bits per heavy atom. The lowest BCUT2D eigenvalue weighted by molar-refractivity contribution is -0.121. The summed E-state index contributed by atoms with van der Waals surface area (Å²) in [5, 5.41) is 9.95. The fraction of sp³-hybridized carbons (Fsp3) is 0.235. The molecule has 6 nitrogen and oxygen atoms in total. The number of amides is 1. The normalized spacial score (nSPS) is 10.7. The van der Waals surface area contributed by atoms with E-state index in [1.807, 2.05) is 41.0 Å². The highest BCUT2D eigenvalue weighted by atomic mass is 35.5. The maximum atomic E-state index is 12.1. The van der Waals surface area contributed by atoms with Gasteiger partial charge in [0.2, 0.25) is 5.91 Å². The average Bonchev–Trinajstić information content (AvgIpc) is 3.23. The maximum Gasteiger partial charge on any atom is 0.222 e. The number of nitrogens with one attached hydrogen (secondary N) is 2. The zero-order valence-corrected chi connectivity index (χ0v) is 16.4. The van der Waals surface area contributed by atoms with Gasteiger partial charge in [-0.2, -0.15) is 5.10 Å². The number of rotatable bonds is 7. The van der Waals surface area contributed by atoms with Crippen LogP contribution < -0.4 is 10.1 Å². The number of nitrogens with zero attached hydrogens (tertiary/aromatic N) is 2. The van der Waals surface area contributed by atoms with Gasteiger partial charge in [-0.05, 0) is 48.6 Å². The minimum Gasteiger partial charge on any atom is -0.497 e. The van der Waals surface area contributed by atoms with Crippen LogP contribution in [0, 0.1) is 4.77 Å². The van der Waals surface area contributed by atoms with Crippen LogP contribution in [0.3, 0.4) is 0 Å². The molecule has 3 aromatic rings. The summed E-state index contributed by atoms with van der Waals surface area (Å²) in [5.41, 5.74) is 0.895. The highest BCUT2D eigenvalue weighted by molar-refractivity contribution is 7.71. The van der Waals surface area contributed by atoms with E-state index in [0.29, 0.717) is 34.4 Å². The summed E-state index contributed by atoms with van der Waals surface area (Å²) in [6, 6.07) is 11.2. The smallest absolute Gasteiger partial charge is 0.222 e. The summed E-state index contributed by atoms with van der Waals surface area (Å²) in [5.74, 6) is 1.40. The van der Waals surface area contributed by atoms with Gasteiger partial charge in [-0.1, -0.05) is 11.6 Å². The number of aromatic amines is 1. The zero-order chi connectivity index (χ0) is 18.5. The first-order valence-corrected chi connectivity index (χ1v) is 9.47. The molecule has 2 N–H and O–H groups in total. The molecule has 2 heterocycles. The van der Waals surface area contributed by atoms with Crippen molar-refractivity contribution in [3.8, 4) is 17.1 Å².